The molecular weight excluding hydrogens is 652 g/mol. The van der Waals surface area contributed by atoms with E-state index in [2.05, 4.69) is 53.5 Å². The van der Waals surface area contributed by atoms with Crippen molar-refractivity contribution < 1.29 is 28.7 Å². The van der Waals surface area contributed by atoms with Gasteiger partial charge in [-0.3, -0.25) is 9.59 Å². The molecule has 2 aromatic heterocycles. The van der Waals surface area contributed by atoms with Gasteiger partial charge in [-0.2, -0.15) is 0 Å². The number of alkyl carbamates (subject to hydrolysis) is 2. The number of rotatable bonds is 12. The monoisotopic (exact) mass is 696 g/mol. The van der Waals surface area contributed by atoms with Crippen LogP contribution in [0, 0.1) is 17.8 Å². The van der Waals surface area contributed by atoms with Crippen molar-refractivity contribution in [1.29, 1.82) is 0 Å². The highest BCUT2D eigenvalue weighted by Gasteiger charge is 2.37. The van der Waals surface area contributed by atoms with Crippen molar-refractivity contribution in [3.05, 3.63) is 71.6 Å². The van der Waals surface area contributed by atoms with E-state index < -0.39 is 18.2 Å². The van der Waals surface area contributed by atoms with Gasteiger partial charge in [0.1, 0.15) is 23.4 Å². The summed E-state index contributed by atoms with van der Waals surface area (Å²) in [7, 11) is 2.53. The van der Waals surface area contributed by atoms with Crippen LogP contribution in [0.2, 0.25) is 0 Å². The van der Waals surface area contributed by atoms with Crippen molar-refractivity contribution >= 4 is 35.0 Å². The quantitative estimate of drug-likeness (QED) is 0.108. The Kier molecular flexibility index (Phi) is 12.3. The first kappa shape index (κ1) is 36.4. The normalized spacial score (nSPS) is 14.5. The van der Waals surface area contributed by atoms with E-state index in [1.807, 2.05) is 50.2 Å². The molecule has 5 rings (SSSR count). The Labute approximate surface area is 296 Å². The van der Waals surface area contributed by atoms with E-state index in [0.717, 1.165) is 65.7 Å². The van der Waals surface area contributed by atoms with E-state index in [-0.39, 0.29) is 30.3 Å². The van der Waals surface area contributed by atoms with Gasteiger partial charge in [0.25, 0.3) is 0 Å². The number of nitrogens with one attached hydrogen (secondary N) is 5. The summed E-state index contributed by atoms with van der Waals surface area (Å²) in [5.41, 5.74) is 5.44. The van der Waals surface area contributed by atoms with E-state index in [4.69, 9.17) is 9.72 Å². The number of methoxy groups -OCH3 is 2. The zero-order valence-electron chi connectivity index (χ0n) is 29.3. The SMILES string of the molecule is COC(=O)NCC(=O)NCCCCc1nc2ccc(-c3ccc(C#Cc4cnc(C5CCCN5C(=O)C(NC(=O)OC)C(C)C)[nH]4)cc3)cc2[nH]1. The van der Waals surface area contributed by atoms with Crippen molar-refractivity contribution in [3.8, 4) is 23.0 Å². The number of likely N-dealkylation sites (tertiary alicyclic amines) is 1. The molecule has 0 spiro atoms. The lowest BCUT2D eigenvalue weighted by Crippen LogP contribution is -2.51. The number of benzene rings is 2. The van der Waals surface area contributed by atoms with Crippen LogP contribution in [0.5, 0.6) is 0 Å². The third-order valence-electron chi connectivity index (χ3n) is 8.67. The van der Waals surface area contributed by atoms with Crippen LogP contribution < -0.4 is 16.0 Å². The van der Waals surface area contributed by atoms with Gasteiger partial charge < -0.3 is 40.3 Å². The number of amides is 4. The molecule has 1 fully saturated rings. The summed E-state index contributed by atoms with van der Waals surface area (Å²) in [4.78, 5) is 65.8. The second-order valence-corrected chi connectivity index (χ2v) is 12.6. The molecule has 4 amide bonds. The predicted octanol–water partition coefficient (Wildman–Crippen LogP) is 4.19. The van der Waals surface area contributed by atoms with Crippen molar-refractivity contribution in [2.75, 3.05) is 33.9 Å². The maximum Gasteiger partial charge on any atom is 0.407 e. The molecule has 14 nitrogen and oxygen atoms in total. The first-order valence-corrected chi connectivity index (χ1v) is 17.0. The van der Waals surface area contributed by atoms with Gasteiger partial charge in [-0.25, -0.2) is 19.6 Å². The van der Waals surface area contributed by atoms with Gasteiger partial charge in [0.05, 0.1) is 44.0 Å². The molecular formula is C37H44N8O6. The largest absolute Gasteiger partial charge is 0.453 e. The van der Waals surface area contributed by atoms with Crippen LogP contribution in [-0.2, 0) is 25.5 Å². The van der Waals surface area contributed by atoms with E-state index in [1.165, 1.54) is 14.2 Å². The van der Waals surface area contributed by atoms with Crippen LogP contribution in [0.4, 0.5) is 9.59 Å². The summed E-state index contributed by atoms with van der Waals surface area (Å²) < 4.78 is 9.17. The molecule has 4 aromatic rings. The lowest BCUT2D eigenvalue weighted by atomic mass is 10.0. The summed E-state index contributed by atoms with van der Waals surface area (Å²) in [5.74, 6) is 7.38. The number of unbranched alkanes of at least 4 members (excludes halogenated alkanes) is 1. The van der Waals surface area contributed by atoms with Crippen LogP contribution in [0.25, 0.3) is 22.2 Å². The summed E-state index contributed by atoms with van der Waals surface area (Å²) in [6.07, 6.45) is 4.38. The highest BCUT2D eigenvalue weighted by Crippen LogP contribution is 2.31. The average molecular weight is 697 g/mol. The highest BCUT2D eigenvalue weighted by molar-refractivity contribution is 5.86. The minimum absolute atomic E-state index is 0.107. The van der Waals surface area contributed by atoms with Crippen LogP contribution in [-0.4, -0.2) is 88.7 Å². The molecule has 2 aromatic carbocycles. The Bertz CT molecular complexity index is 1900. The number of aromatic nitrogens is 4. The van der Waals surface area contributed by atoms with E-state index >= 15 is 0 Å². The fourth-order valence-electron chi connectivity index (χ4n) is 5.94. The summed E-state index contributed by atoms with van der Waals surface area (Å²) in [6, 6.07) is 13.2. The molecule has 2 atom stereocenters. The number of fused-ring (bicyclic) bond motifs is 1. The Balaban J connectivity index is 1.15. The molecule has 1 saturated heterocycles. The molecule has 0 bridgehead atoms. The van der Waals surface area contributed by atoms with E-state index in [0.29, 0.717) is 24.6 Å². The van der Waals surface area contributed by atoms with Gasteiger partial charge in [-0.1, -0.05) is 38.0 Å². The Hall–Kier alpha value is -5.84. The van der Waals surface area contributed by atoms with Crippen molar-refractivity contribution in [2.45, 2.75) is 58.0 Å². The number of aryl methyl sites for hydroxylation is 1. The minimum atomic E-state index is -0.691. The number of carbonyl (C=O) groups excluding carboxylic acids is 4. The Morgan fingerprint density at radius 3 is 2.47 bits per heavy atom. The minimum Gasteiger partial charge on any atom is -0.453 e. The maximum absolute atomic E-state index is 13.4. The second-order valence-electron chi connectivity index (χ2n) is 12.6. The number of hydrogen-bond donors (Lipinski definition) is 5. The van der Waals surface area contributed by atoms with Gasteiger partial charge in [0, 0.05) is 25.1 Å². The van der Waals surface area contributed by atoms with Crippen LogP contribution in [0.3, 0.4) is 0 Å². The zero-order chi connectivity index (χ0) is 36.3. The predicted molar refractivity (Wildman–Crippen MR) is 190 cm³/mol. The standard InChI is InChI=1S/C37H44N8O6/c1-23(2)33(44-37(49)51-4)35(47)45-19-7-8-30(45)34-39-21-27(41-34)16-12-24-10-13-25(14-11-24)26-15-17-28-29(20-26)43-31(42-28)9-5-6-18-38-32(46)22-40-36(48)50-3/h10-11,13-15,17,20-21,23,30,33H,5-9,18-19,22H2,1-4H3,(H,38,46)(H,39,41)(H,40,48)(H,42,43)(H,44,49). The van der Waals surface area contributed by atoms with Crippen molar-refractivity contribution in [2.24, 2.45) is 5.92 Å². The molecule has 268 valence electrons. The third-order valence-corrected chi connectivity index (χ3v) is 8.67. The van der Waals surface area contributed by atoms with Gasteiger partial charge in [-0.05, 0) is 72.9 Å². The fourth-order valence-corrected chi connectivity index (χ4v) is 5.94. The molecule has 1 aliphatic rings. The molecule has 3 heterocycles. The lowest BCUT2D eigenvalue weighted by Gasteiger charge is -2.29. The first-order valence-electron chi connectivity index (χ1n) is 17.0. The van der Waals surface area contributed by atoms with Gasteiger partial charge in [0.15, 0.2) is 0 Å². The van der Waals surface area contributed by atoms with E-state index in [9.17, 15) is 19.2 Å². The molecule has 0 saturated carbocycles. The molecule has 14 heteroatoms. The highest BCUT2D eigenvalue weighted by atomic mass is 16.5. The topological polar surface area (TPSA) is 183 Å². The summed E-state index contributed by atoms with van der Waals surface area (Å²) in [6.45, 7) is 4.75. The van der Waals surface area contributed by atoms with Gasteiger partial charge in [-0.15, -0.1) is 0 Å². The number of nitrogens with zero attached hydrogens (tertiary/aromatic N) is 3. The number of ether oxygens (including phenoxy) is 2. The van der Waals surface area contributed by atoms with E-state index in [1.54, 1.807) is 11.1 Å². The molecule has 51 heavy (non-hydrogen) atoms. The molecule has 2 unspecified atom stereocenters. The average Bonchev–Trinajstić information content (AvgIpc) is 3.91. The number of carbonyl (C=O) groups is 4. The van der Waals surface area contributed by atoms with Crippen LogP contribution in [0.1, 0.15) is 68.5 Å². The first-order chi connectivity index (χ1) is 24.6. The number of hydrogen-bond acceptors (Lipinski definition) is 8. The number of imidazole rings is 2. The fraction of sp³-hybridized carbons (Fsp3) is 0.405. The van der Waals surface area contributed by atoms with Crippen molar-refractivity contribution in [1.82, 2.24) is 40.8 Å². The Morgan fingerprint density at radius 2 is 1.73 bits per heavy atom. The summed E-state index contributed by atoms with van der Waals surface area (Å²) in [5, 5.41) is 7.79. The summed E-state index contributed by atoms with van der Waals surface area (Å²) >= 11 is 0. The third kappa shape index (κ3) is 9.66. The van der Waals surface area contributed by atoms with Crippen LogP contribution >= 0.6 is 0 Å². The van der Waals surface area contributed by atoms with Gasteiger partial charge >= 0.3 is 12.2 Å². The molecule has 5 N–H and O–H groups in total. The van der Waals surface area contributed by atoms with Crippen molar-refractivity contribution in [3.63, 3.8) is 0 Å². The van der Waals surface area contributed by atoms with Crippen LogP contribution in [0.15, 0.2) is 48.7 Å². The molecule has 0 aliphatic carbocycles. The second kappa shape index (κ2) is 17.2. The molecule has 1 aliphatic heterocycles. The Morgan fingerprint density at radius 1 is 0.961 bits per heavy atom. The zero-order valence-corrected chi connectivity index (χ0v) is 29.3. The van der Waals surface area contributed by atoms with Gasteiger partial charge in [0.2, 0.25) is 11.8 Å². The number of H-pyrrole nitrogens is 2. The number of aromatic amines is 2. The molecule has 0 radical (unpaired) electrons. The maximum atomic E-state index is 13.4. The lowest BCUT2D eigenvalue weighted by molar-refractivity contribution is -0.135. The smallest absolute Gasteiger partial charge is 0.407 e.